The van der Waals surface area contributed by atoms with Crippen molar-refractivity contribution in [2.75, 3.05) is 27.9 Å². The molecule has 0 radical (unpaired) electrons. The van der Waals surface area contributed by atoms with Gasteiger partial charge >= 0.3 is 5.97 Å². The van der Waals surface area contributed by atoms with Crippen LogP contribution in [-0.4, -0.2) is 132 Å². The van der Waals surface area contributed by atoms with Crippen LogP contribution in [0, 0.1) is 29.6 Å². The summed E-state index contributed by atoms with van der Waals surface area (Å²) in [6, 6.07) is -1.17. The van der Waals surface area contributed by atoms with Gasteiger partial charge in [-0.15, -0.1) is 0 Å². The van der Waals surface area contributed by atoms with Gasteiger partial charge in [-0.3, -0.25) is 19.2 Å². The van der Waals surface area contributed by atoms with Crippen molar-refractivity contribution >= 4 is 29.2 Å². The summed E-state index contributed by atoms with van der Waals surface area (Å²) >= 11 is 0. The summed E-state index contributed by atoms with van der Waals surface area (Å²) in [6.07, 6.45) is 1.97. The summed E-state index contributed by atoms with van der Waals surface area (Å²) < 4.78 is 29.7. The van der Waals surface area contributed by atoms with Crippen molar-refractivity contribution in [2.24, 2.45) is 29.6 Å². The molecule has 0 aromatic rings. The van der Waals surface area contributed by atoms with Crippen LogP contribution in [0.3, 0.4) is 0 Å². The highest BCUT2D eigenvalue weighted by Crippen LogP contribution is 2.39. The number of esters is 1. The maximum absolute atomic E-state index is 14.3. The minimum absolute atomic E-state index is 0.0403. The third kappa shape index (κ3) is 11.5. The Balaban J connectivity index is 1.79. The molecule has 1 aliphatic carbocycles. The minimum Gasteiger partial charge on any atom is -0.456 e. The van der Waals surface area contributed by atoms with Crippen LogP contribution < -0.4 is 0 Å². The van der Waals surface area contributed by atoms with Gasteiger partial charge in [-0.05, 0) is 96.0 Å². The first kappa shape index (κ1) is 47.8. The lowest BCUT2D eigenvalue weighted by Gasteiger charge is -2.47. The van der Waals surface area contributed by atoms with E-state index >= 15 is 0 Å². The van der Waals surface area contributed by atoms with Crippen LogP contribution in [0.15, 0.2) is 23.3 Å². The van der Waals surface area contributed by atoms with E-state index in [1.54, 1.807) is 34.0 Å². The molecule has 4 rings (SSSR count). The maximum atomic E-state index is 14.3. The lowest BCUT2D eigenvalue weighted by Crippen LogP contribution is -2.64. The quantitative estimate of drug-likeness (QED) is 0.189. The molecule has 0 aromatic carbocycles. The fraction of sp³-hybridized carbons (Fsp3) is 0.795. The number of carbonyl (C=O) groups excluding carboxylic acids is 5. The first-order valence-corrected chi connectivity index (χ1v) is 21.1. The second-order valence-corrected chi connectivity index (χ2v) is 17.7. The molecule has 3 aliphatic heterocycles. The third-order valence-corrected chi connectivity index (χ3v) is 13.0. The number of hydrogen-bond acceptors (Lipinski definition) is 13. The molecule has 58 heavy (non-hydrogen) atoms. The van der Waals surface area contributed by atoms with E-state index in [0.717, 1.165) is 10.5 Å². The molecule has 3 N–H and O–H groups in total. The number of Topliss-reactive ketones (excluding diaryl/α,β-unsaturated/α-hetero) is 3. The van der Waals surface area contributed by atoms with E-state index < -0.39 is 83.9 Å². The van der Waals surface area contributed by atoms with Gasteiger partial charge in [0.05, 0.1) is 30.5 Å². The molecule has 3 heterocycles. The number of ether oxygens (including phenoxy) is 5. The maximum Gasteiger partial charge on any atom is 0.329 e. The normalized spacial score (nSPS) is 39.6. The topological polar surface area (TPSA) is 195 Å². The number of piperidine rings is 1. The molecule has 0 aromatic heterocycles. The fourth-order valence-electron chi connectivity index (χ4n) is 9.53. The number of aliphatic hydroxyl groups is 3. The summed E-state index contributed by atoms with van der Waals surface area (Å²) in [7, 11) is 4.55. The Morgan fingerprint density at radius 1 is 0.897 bits per heavy atom. The Hall–Kier alpha value is -2.85. The minimum atomic E-state index is -2.54. The fourth-order valence-corrected chi connectivity index (χ4v) is 9.53. The van der Waals surface area contributed by atoms with E-state index in [1.165, 1.54) is 21.1 Å². The summed E-state index contributed by atoms with van der Waals surface area (Å²) in [5.41, 5.74) is 1.46. The van der Waals surface area contributed by atoms with Gasteiger partial charge in [0.15, 0.2) is 0 Å². The van der Waals surface area contributed by atoms with E-state index in [4.69, 9.17) is 23.7 Å². The second-order valence-electron chi connectivity index (χ2n) is 17.7. The molecule has 2 bridgehead atoms. The predicted molar refractivity (Wildman–Crippen MR) is 213 cm³/mol. The van der Waals surface area contributed by atoms with Crippen LogP contribution >= 0.6 is 0 Å². The largest absolute Gasteiger partial charge is 0.456 e. The number of ketones is 3. The molecular formula is C44H69NO13. The van der Waals surface area contributed by atoms with Gasteiger partial charge in [0.1, 0.15) is 29.8 Å². The van der Waals surface area contributed by atoms with Crippen molar-refractivity contribution in [3.63, 3.8) is 0 Å². The number of allylic oxidation sites excluding steroid dienone is 3. The highest BCUT2D eigenvalue weighted by molar-refractivity contribution is 6.39. The van der Waals surface area contributed by atoms with E-state index in [9.17, 15) is 39.3 Å². The number of rotatable bonds is 7. The first-order chi connectivity index (χ1) is 27.3. The number of methoxy groups -OCH3 is 3. The number of fused-ring (bicyclic) bond motifs is 3. The van der Waals surface area contributed by atoms with Crippen molar-refractivity contribution in [3.05, 3.63) is 23.3 Å². The predicted octanol–water partition coefficient (Wildman–Crippen LogP) is 4.04. The van der Waals surface area contributed by atoms with E-state index in [2.05, 4.69) is 0 Å². The molecule has 14 atom stereocenters. The van der Waals surface area contributed by atoms with Gasteiger partial charge < -0.3 is 43.9 Å². The zero-order chi connectivity index (χ0) is 43.1. The van der Waals surface area contributed by atoms with Crippen LogP contribution in [-0.2, 0) is 47.7 Å². The molecule has 1 saturated carbocycles. The zero-order valence-corrected chi connectivity index (χ0v) is 36.0. The van der Waals surface area contributed by atoms with Crippen molar-refractivity contribution in [1.82, 2.24) is 4.90 Å². The summed E-state index contributed by atoms with van der Waals surface area (Å²) in [5, 5.41) is 34.2. The third-order valence-electron chi connectivity index (χ3n) is 13.0. The van der Waals surface area contributed by atoms with E-state index in [0.29, 0.717) is 50.5 Å². The van der Waals surface area contributed by atoms with Crippen LogP contribution in [0.4, 0.5) is 0 Å². The van der Waals surface area contributed by atoms with Gasteiger partial charge in [0.2, 0.25) is 5.79 Å². The summed E-state index contributed by atoms with van der Waals surface area (Å²) in [6.45, 7) is 10.4. The van der Waals surface area contributed by atoms with Gasteiger partial charge in [-0.2, -0.15) is 0 Å². The zero-order valence-electron chi connectivity index (χ0n) is 36.0. The van der Waals surface area contributed by atoms with Crippen LogP contribution in [0.25, 0.3) is 0 Å². The van der Waals surface area contributed by atoms with Gasteiger partial charge in [-0.25, -0.2) is 4.79 Å². The lowest BCUT2D eigenvalue weighted by molar-refractivity contribution is -0.302. The smallest absolute Gasteiger partial charge is 0.329 e. The number of nitrogens with zero attached hydrogens (tertiary/aromatic N) is 1. The van der Waals surface area contributed by atoms with Crippen LogP contribution in [0.1, 0.15) is 112 Å². The Morgan fingerprint density at radius 2 is 1.55 bits per heavy atom. The number of cyclic esters (lactones) is 1. The number of carbonyl (C=O) groups is 5. The van der Waals surface area contributed by atoms with Crippen molar-refractivity contribution in [1.29, 1.82) is 0 Å². The van der Waals surface area contributed by atoms with Crippen molar-refractivity contribution < 1.29 is 63.0 Å². The standard InChI is InChI=1S/C44H69NO13/c1-24-16-25(2)18-37(55-8)40-38(56-9)20-27(4)44(53,58-40)41(50)42(51)45-15-11-10-12-32(45)43(52)57-39(26(3)19-30-13-14-33(47)36(22-30)54-7)29(6)34(48)23-35(49)31(17-24)21-28(5)46/h17,19,25,27,29-34,36-40,47-48,53H,10-16,18,20-23H2,1-9H3/t25-,27+,29+,30-,31-,32-,33+,34-,36+,37-,38-,39?,40+,44+/m0/s1. The molecule has 328 valence electrons. The average Bonchev–Trinajstić information content (AvgIpc) is 3.18. The van der Waals surface area contributed by atoms with E-state index in [1.807, 2.05) is 19.9 Å². The van der Waals surface area contributed by atoms with Crippen molar-refractivity contribution in [3.8, 4) is 0 Å². The number of hydrogen-bond donors (Lipinski definition) is 3. The van der Waals surface area contributed by atoms with Gasteiger partial charge in [0.25, 0.3) is 11.7 Å². The SMILES string of the molecule is CO[C@H]1C[C@@H](C)CC(C)=C[C@@H](CC(C)=O)C(=O)C[C@H](O)[C@@H](C)C(C(C)=C[C@@H]2CC[C@@H](O)[C@H](OC)C2)OC(=O)[C@@H]2CCCCN2C(=O)C(=O)[C@]2(O)O[C@H]1[C@@H](OC)C[C@H]2C. The Kier molecular flexibility index (Phi) is 17.4. The monoisotopic (exact) mass is 819 g/mol. The highest BCUT2D eigenvalue weighted by atomic mass is 16.7. The Labute approximate surface area is 344 Å². The summed E-state index contributed by atoms with van der Waals surface area (Å²) in [4.78, 5) is 70.3. The van der Waals surface area contributed by atoms with Crippen LogP contribution in [0.2, 0.25) is 0 Å². The highest BCUT2D eigenvalue weighted by Gasteiger charge is 2.56. The Morgan fingerprint density at radius 3 is 2.19 bits per heavy atom. The van der Waals surface area contributed by atoms with Gasteiger partial charge in [0, 0.05) is 58.5 Å². The number of amides is 1. The molecule has 1 unspecified atom stereocenters. The van der Waals surface area contributed by atoms with Crippen molar-refractivity contribution in [2.45, 2.75) is 167 Å². The van der Waals surface area contributed by atoms with E-state index in [-0.39, 0.29) is 61.7 Å². The molecule has 1 amide bonds. The lowest BCUT2D eigenvalue weighted by atomic mass is 9.81. The molecule has 4 aliphatic rings. The van der Waals surface area contributed by atoms with Crippen LogP contribution in [0.5, 0.6) is 0 Å². The molecule has 14 nitrogen and oxygen atoms in total. The summed E-state index contributed by atoms with van der Waals surface area (Å²) in [5.74, 6) is -8.63. The molecule has 2 saturated heterocycles. The molecule has 14 heteroatoms. The van der Waals surface area contributed by atoms with Gasteiger partial charge in [-0.1, -0.05) is 38.5 Å². The Bertz CT molecular complexity index is 1530. The number of aliphatic hydroxyl groups excluding tert-OH is 2. The second kappa shape index (κ2) is 21.1. The molecular weight excluding hydrogens is 750 g/mol. The first-order valence-electron chi connectivity index (χ1n) is 21.1. The molecule has 3 fully saturated rings. The molecule has 0 spiro atoms. The average molecular weight is 820 g/mol.